The van der Waals surface area contributed by atoms with E-state index in [-0.39, 0.29) is 12.5 Å². The van der Waals surface area contributed by atoms with Gasteiger partial charge in [0.2, 0.25) is 5.91 Å². The third-order valence-corrected chi connectivity index (χ3v) is 4.00. The molecule has 0 unspecified atom stereocenters. The van der Waals surface area contributed by atoms with Crippen LogP contribution in [0.5, 0.6) is 0 Å². The van der Waals surface area contributed by atoms with Gasteiger partial charge in [0.15, 0.2) is 5.65 Å². The number of rotatable bonds is 6. The maximum atomic E-state index is 12.0. The first-order valence-electron chi connectivity index (χ1n) is 7.79. The number of nitrogens with zero attached hydrogens (tertiary/aromatic N) is 3. The summed E-state index contributed by atoms with van der Waals surface area (Å²) < 4.78 is 1.73. The number of amides is 1. The van der Waals surface area contributed by atoms with Crippen molar-refractivity contribution in [2.75, 3.05) is 6.54 Å². The summed E-state index contributed by atoms with van der Waals surface area (Å²) in [6.45, 7) is 5.09. The highest BCUT2D eigenvalue weighted by Crippen LogP contribution is 2.43. The molecular formula is C16H22N4O. The largest absolute Gasteiger partial charge is 0.354 e. The lowest BCUT2D eigenvalue weighted by atomic mass is 10.1. The van der Waals surface area contributed by atoms with Crippen molar-refractivity contribution in [3.8, 4) is 0 Å². The molecule has 1 aliphatic carbocycles. The number of aromatic nitrogens is 3. The molecule has 0 atom stereocenters. The van der Waals surface area contributed by atoms with Gasteiger partial charge in [-0.2, -0.15) is 5.10 Å². The minimum absolute atomic E-state index is 0.00600. The molecular weight excluding hydrogens is 264 g/mol. The summed E-state index contributed by atoms with van der Waals surface area (Å²) in [6, 6.07) is 2.10. The van der Waals surface area contributed by atoms with E-state index >= 15 is 0 Å². The third-order valence-electron chi connectivity index (χ3n) is 4.00. The van der Waals surface area contributed by atoms with Crippen LogP contribution >= 0.6 is 0 Å². The number of hydrogen-bond acceptors (Lipinski definition) is 3. The fourth-order valence-electron chi connectivity index (χ4n) is 2.75. The predicted octanol–water partition coefficient (Wildman–Crippen LogP) is 2.53. The van der Waals surface area contributed by atoms with Gasteiger partial charge in [0.25, 0.3) is 0 Å². The minimum Gasteiger partial charge on any atom is -0.354 e. The molecule has 112 valence electrons. The Bertz CT molecular complexity index is 658. The summed E-state index contributed by atoms with van der Waals surface area (Å²) in [5, 5.41) is 8.59. The van der Waals surface area contributed by atoms with E-state index in [9.17, 15) is 4.79 Å². The molecule has 0 bridgehead atoms. The molecule has 1 amide bonds. The van der Waals surface area contributed by atoms with Crippen LogP contribution in [0.25, 0.3) is 11.0 Å². The van der Waals surface area contributed by atoms with Crippen LogP contribution in [0.1, 0.15) is 49.8 Å². The van der Waals surface area contributed by atoms with E-state index < -0.39 is 0 Å². The van der Waals surface area contributed by atoms with Crippen molar-refractivity contribution in [3.05, 3.63) is 23.5 Å². The molecule has 21 heavy (non-hydrogen) atoms. The Morgan fingerprint density at radius 3 is 3.00 bits per heavy atom. The lowest BCUT2D eigenvalue weighted by Crippen LogP contribution is -2.28. The Hall–Kier alpha value is -1.91. The first-order chi connectivity index (χ1) is 10.2. The first-order valence-corrected chi connectivity index (χ1v) is 7.79. The monoisotopic (exact) mass is 286 g/mol. The van der Waals surface area contributed by atoms with Crippen LogP contribution in [0.2, 0.25) is 0 Å². The van der Waals surface area contributed by atoms with Gasteiger partial charge in [-0.05, 0) is 43.7 Å². The summed E-state index contributed by atoms with van der Waals surface area (Å²) >= 11 is 0. The standard InChI is InChI=1S/C16H22N4O/c1-3-4-8-17-14(21)10-20-16-15(11(2)19-20)13(7-9-18-16)12-5-6-12/h7,9,12H,3-6,8,10H2,1-2H3,(H,17,21). The van der Waals surface area contributed by atoms with Gasteiger partial charge in [-0.1, -0.05) is 13.3 Å². The van der Waals surface area contributed by atoms with Crippen molar-refractivity contribution in [2.24, 2.45) is 0 Å². The van der Waals surface area contributed by atoms with E-state index in [1.54, 1.807) is 4.68 Å². The maximum absolute atomic E-state index is 12.0. The summed E-state index contributed by atoms with van der Waals surface area (Å²) in [5.74, 6) is 0.664. The SMILES string of the molecule is CCCCNC(=O)Cn1nc(C)c2c(C3CC3)ccnc21. The normalized spacial score (nSPS) is 14.6. The second-order valence-corrected chi connectivity index (χ2v) is 5.82. The topological polar surface area (TPSA) is 59.8 Å². The average molecular weight is 286 g/mol. The van der Waals surface area contributed by atoms with Crippen molar-refractivity contribution in [1.29, 1.82) is 0 Å². The molecule has 0 spiro atoms. The van der Waals surface area contributed by atoms with Crippen LogP contribution < -0.4 is 5.32 Å². The van der Waals surface area contributed by atoms with E-state index in [4.69, 9.17) is 0 Å². The fraction of sp³-hybridized carbons (Fsp3) is 0.562. The maximum Gasteiger partial charge on any atom is 0.241 e. The Morgan fingerprint density at radius 2 is 2.29 bits per heavy atom. The number of pyridine rings is 1. The molecule has 3 rings (SSSR count). The van der Waals surface area contributed by atoms with Crippen molar-refractivity contribution >= 4 is 16.9 Å². The Kier molecular flexibility index (Phi) is 3.90. The van der Waals surface area contributed by atoms with E-state index in [1.165, 1.54) is 18.4 Å². The van der Waals surface area contributed by atoms with Gasteiger partial charge < -0.3 is 5.32 Å². The van der Waals surface area contributed by atoms with Gasteiger partial charge >= 0.3 is 0 Å². The van der Waals surface area contributed by atoms with Gasteiger partial charge in [0.05, 0.1) is 5.69 Å². The molecule has 1 fully saturated rings. The lowest BCUT2D eigenvalue weighted by Gasteiger charge is -2.05. The third kappa shape index (κ3) is 2.91. The summed E-state index contributed by atoms with van der Waals surface area (Å²) in [7, 11) is 0. The second-order valence-electron chi connectivity index (χ2n) is 5.82. The smallest absolute Gasteiger partial charge is 0.241 e. The molecule has 0 aliphatic heterocycles. The zero-order chi connectivity index (χ0) is 14.8. The number of fused-ring (bicyclic) bond motifs is 1. The molecule has 2 heterocycles. The van der Waals surface area contributed by atoms with Crippen molar-refractivity contribution in [2.45, 2.75) is 52.0 Å². The number of nitrogens with one attached hydrogen (secondary N) is 1. The molecule has 5 heteroatoms. The van der Waals surface area contributed by atoms with Gasteiger partial charge in [0, 0.05) is 18.1 Å². The van der Waals surface area contributed by atoms with E-state index in [0.29, 0.717) is 5.92 Å². The highest BCUT2D eigenvalue weighted by Gasteiger charge is 2.27. The molecule has 0 aromatic carbocycles. The number of carbonyl (C=O) groups excluding carboxylic acids is 1. The molecule has 1 N–H and O–H groups in total. The van der Waals surface area contributed by atoms with Crippen LogP contribution in [0, 0.1) is 6.92 Å². The van der Waals surface area contributed by atoms with Gasteiger partial charge in [-0.25, -0.2) is 9.67 Å². The van der Waals surface area contributed by atoms with Gasteiger partial charge in [-0.15, -0.1) is 0 Å². The number of carbonyl (C=O) groups is 1. The highest BCUT2D eigenvalue weighted by molar-refractivity contribution is 5.84. The molecule has 0 radical (unpaired) electrons. The van der Waals surface area contributed by atoms with Crippen LogP contribution in [0.4, 0.5) is 0 Å². The minimum atomic E-state index is 0.00600. The Balaban J connectivity index is 1.83. The van der Waals surface area contributed by atoms with Gasteiger partial charge in [-0.3, -0.25) is 4.79 Å². The van der Waals surface area contributed by atoms with Crippen LogP contribution in [0.3, 0.4) is 0 Å². The number of aryl methyl sites for hydroxylation is 1. The quantitative estimate of drug-likeness (QED) is 0.830. The van der Waals surface area contributed by atoms with Crippen molar-refractivity contribution < 1.29 is 4.79 Å². The zero-order valence-electron chi connectivity index (χ0n) is 12.7. The van der Waals surface area contributed by atoms with Crippen LogP contribution in [-0.4, -0.2) is 27.2 Å². The van der Waals surface area contributed by atoms with E-state index in [2.05, 4.69) is 28.4 Å². The number of unbranched alkanes of at least 4 members (excludes halogenated alkanes) is 1. The summed E-state index contributed by atoms with van der Waals surface area (Å²) in [5.41, 5.74) is 3.15. The van der Waals surface area contributed by atoms with E-state index in [1.807, 2.05) is 13.1 Å². The highest BCUT2D eigenvalue weighted by atomic mass is 16.2. The Labute approximate surface area is 124 Å². The zero-order valence-corrected chi connectivity index (χ0v) is 12.7. The molecule has 0 saturated heterocycles. The van der Waals surface area contributed by atoms with Crippen LogP contribution in [-0.2, 0) is 11.3 Å². The number of hydrogen-bond donors (Lipinski definition) is 1. The molecule has 5 nitrogen and oxygen atoms in total. The van der Waals surface area contributed by atoms with E-state index in [0.717, 1.165) is 36.1 Å². The van der Waals surface area contributed by atoms with Gasteiger partial charge in [0.1, 0.15) is 6.54 Å². The second kappa shape index (κ2) is 5.84. The van der Waals surface area contributed by atoms with Crippen LogP contribution in [0.15, 0.2) is 12.3 Å². The Morgan fingerprint density at radius 1 is 1.48 bits per heavy atom. The molecule has 1 saturated carbocycles. The summed E-state index contributed by atoms with van der Waals surface area (Å²) in [6.07, 6.45) is 6.43. The predicted molar refractivity (Wildman–Crippen MR) is 82.2 cm³/mol. The fourth-order valence-corrected chi connectivity index (χ4v) is 2.75. The van der Waals surface area contributed by atoms with Crippen molar-refractivity contribution in [1.82, 2.24) is 20.1 Å². The average Bonchev–Trinajstić information content (AvgIpc) is 3.26. The first kappa shape index (κ1) is 14.0. The lowest BCUT2D eigenvalue weighted by molar-refractivity contribution is -0.121. The molecule has 2 aromatic rings. The summed E-state index contributed by atoms with van der Waals surface area (Å²) in [4.78, 5) is 16.4. The molecule has 2 aromatic heterocycles. The molecule has 1 aliphatic rings. The van der Waals surface area contributed by atoms with Crippen molar-refractivity contribution in [3.63, 3.8) is 0 Å².